The molecule has 2 fully saturated rings. The minimum Gasteiger partial charge on any atom is -0.448 e. The van der Waals surface area contributed by atoms with Gasteiger partial charge in [-0.1, -0.05) is 77.5 Å². The van der Waals surface area contributed by atoms with Crippen molar-refractivity contribution < 1.29 is 77.4 Å². The molecule has 10 N–H and O–H groups in total. The number of phosphoric ester groups is 1. The number of nitrogens with one attached hydrogen (secondary N) is 1. The molecular formula is C50H83N4O16P. The third-order valence-corrected chi connectivity index (χ3v) is 14.6. The van der Waals surface area contributed by atoms with E-state index in [1.165, 1.54) is 26.6 Å². The van der Waals surface area contributed by atoms with Gasteiger partial charge in [0.2, 0.25) is 5.91 Å². The lowest BCUT2D eigenvalue weighted by Crippen LogP contribution is -2.58. The molecule has 0 aromatic carbocycles. The first-order valence-corrected chi connectivity index (χ1v) is 25.6. The molecule has 1 aromatic heterocycles. The SMILES string of the molecule is COCC([C@@H](O)[C@@H](O)C(=O)NCC[C@@H](C)c1nc(/C=C/CC2O[C@]3(C[C@@H](O)[C@@H]2C)OC(C(C[C@@H](O)[C@@H](C)[C@@H](O)[C@@H](C)\C=C(C)/C(C)=C\C=C\C(C)=C/C(N)=O)OC)[C@@H](OP(=O)(O)O)C3(C)C)co1)N(C)C. The van der Waals surface area contributed by atoms with Crippen molar-refractivity contribution in [3.8, 4) is 0 Å². The van der Waals surface area contributed by atoms with Crippen molar-refractivity contribution in [2.24, 2.45) is 28.9 Å². The van der Waals surface area contributed by atoms with E-state index in [0.717, 1.165) is 11.1 Å². The Morgan fingerprint density at radius 3 is 2.31 bits per heavy atom. The summed E-state index contributed by atoms with van der Waals surface area (Å²) in [5, 5.41) is 58.3. The number of allylic oxidation sites excluding steroid dienone is 6. The monoisotopic (exact) mass is 1030 g/mol. The Labute approximate surface area is 419 Å². The number of carbonyl (C=O) groups excluding carboxylic acids is 2. The van der Waals surface area contributed by atoms with Gasteiger partial charge in [0.05, 0.1) is 43.2 Å². The van der Waals surface area contributed by atoms with Gasteiger partial charge in [-0.3, -0.25) is 14.1 Å². The number of rotatable bonds is 27. The van der Waals surface area contributed by atoms with Crippen LogP contribution in [0.3, 0.4) is 0 Å². The molecule has 1 spiro atoms. The van der Waals surface area contributed by atoms with Gasteiger partial charge in [-0.2, -0.15) is 0 Å². The van der Waals surface area contributed by atoms with E-state index >= 15 is 0 Å². The normalized spacial score (nSPS) is 27.5. The molecule has 71 heavy (non-hydrogen) atoms. The van der Waals surface area contributed by atoms with Gasteiger partial charge < -0.3 is 74.6 Å². The first-order valence-electron chi connectivity index (χ1n) is 24.1. The summed E-state index contributed by atoms with van der Waals surface area (Å²) in [6, 6.07) is -0.597. The summed E-state index contributed by atoms with van der Waals surface area (Å²) < 4.78 is 48.2. The Kier molecular flexibility index (Phi) is 23.7. The fourth-order valence-electron chi connectivity index (χ4n) is 9.09. The standard InChI is InChI=1S/C50H83N4O16P/c1-28(22-41(51)57)16-14-17-29(2)31(4)23-32(5)42(58)34(7)37(55)24-40(66-13)45-46(70-71(62,63)64)49(8,9)50(69-45)25-38(56)33(6)39(68-50)19-15-18-35-26-67-48(53-35)30(3)20-21-52-47(61)44(60)43(59)36(27-65-12)54(10)11/h14-18,22-23,26,30,32-34,36-40,42-46,55-56,58-60H,19-21,24-25,27H2,1-13H3,(H2,51,57)(H,52,61)(H2,62,63,64)/b16-14+,18-15+,28-22-,29-17-,31-23-/t30-,32+,33+,34-,36?,37-,38-,39?,40?,42+,43-,44-,45?,46-,50-/m1/s1. The zero-order valence-corrected chi connectivity index (χ0v) is 44.6. The molecular weight excluding hydrogens is 944 g/mol. The molecule has 0 saturated carbocycles. The van der Waals surface area contributed by atoms with Crippen LogP contribution in [0.1, 0.15) is 105 Å². The molecule has 4 unspecified atom stereocenters. The number of aliphatic hydroxyl groups excluding tert-OH is 5. The highest BCUT2D eigenvalue weighted by atomic mass is 31.2. The van der Waals surface area contributed by atoms with Crippen LogP contribution in [0.5, 0.6) is 0 Å². The fourth-order valence-corrected chi connectivity index (χ4v) is 9.77. The van der Waals surface area contributed by atoms with Gasteiger partial charge in [-0.25, -0.2) is 9.55 Å². The second-order valence-corrected chi connectivity index (χ2v) is 21.3. The maximum absolute atomic E-state index is 12.6. The van der Waals surface area contributed by atoms with E-state index in [-0.39, 0.29) is 38.3 Å². The van der Waals surface area contributed by atoms with Crippen LogP contribution in [0.25, 0.3) is 6.08 Å². The average molecular weight is 1030 g/mol. The van der Waals surface area contributed by atoms with E-state index in [9.17, 15) is 49.5 Å². The highest BCUT2D eigenvalue weighted by Gasteiger charge is 2.68. The number of phosphoric acid groups is 1. The highest BCUT2D eigenvalue weighted by molar-refractivity contribution is 7.46. The van der Waals surface area contributed by atoms with E-state index in [2.05, 4.69) is 10.3 Å². The minimum atomic E-state index is -5.16. The van der Waals surface area contributed by atoms with Crippen molar-refractivity contribution in [1.82, 2.24) is 15.2 Å². The van der Waals surface area contributed by atoms with Crippen LogP contribution in [0.4, 0.5) is 0 Å². The summed E-state index contributed by atoms with van der Waals surface area (Å²) in [6.45, 7) is 16.4. The van der Waals surface area contributed by atoms with E-state index in [4.69, 9.17) is 33.6 Å². The average Bonchev–Trinajstić information content (AvgIpc) is 3.83. The maximum atomic E-state index is 12.6. The van der Waals surface area contributed by atoms with Gasteiger partial charge in [0.25, 0.3) is 5.91 Å². The predicted octanol–water partition coefficient (Wildman–Crippen LogP) is 3.65. The first kappa shape index (κ1) is 61.9. The van der Waals surface area contributed by atoms with Crippen LogP contribution >= 0.6 is 7.82 Å². The number of ether oxygens (including phenoxy) is 4. The van der Waals surface area contributed by atoms with E-state index in [1.807, 2.05) is 46.8 Å². The molecule has 2 aliphatic rings. The van der Waals surface area contributed by atoms with Gasteiger partial charge >= 0.3 is 7.82 Å². The van der Waals surface area contributed by atoms with Crippen molar-refractivity contribution in [2.75, 3.05) is 41.5 Å². The smallest absolute Gasteiger partial charge is 0.448 e. The lowest BCUT2D eigenvalue weighted by atomic mass is 9.72. The van der Waals surface area contributed by atoms with Crippen LogP contribution in [-0.2, 0) is 37.6 Å². The molecule has 20 nitrogen and oxygen atoms in total. The number of primary amides is 1. The quantitative estimate of drug-likeness (QED) is 0.0345. The lowest BCUT2D eigenvalue weighted by Gasteiger charge is -2.50. The van der Waals surface area contributed by atoms with Crippen LogP contribution in [0, 0.1) is 23.2 Å². The first-order chi connectivity index (χ1) is 33.0. The molecule has 1 aromatic rings. The van der Waals surface area contributed by atoms with Crippen molar-refractivity contribution in [3.05, 3.63) is 71.0 Å². The summed E-state index contributed by atoms with van der Waals surface area (Å²) in [6.07, 6.45) is 3.69. The maximum Gasteiger partial charge on any atom is 0.469 e. The van der Waals surface area contributed by atoms with Gasteiger partial charge in [-0.05, 0) is 64.9 Å². The summed E-state index contributed by atoms with van der Waals surface area (Å²) in [4.78, 5) is 50.4. The number of likely N-dealkylation sites (N-methyl/N-ethyl adjacent to an activating group) is 1. The van der Waals surface area contributed by atoms with Crippen molar-refractivity contribution in [3.63, 3.8) is 0 Å². The van der Waals surface area contributed by atoms with E-state index in [0.29, 0.717) is 23.6 Å². The molecule has 404 valence electrons. The number of aromatic nitrogens is 1. The highest BCUT2D eigenvalue weighted by Crippen LogP contribution is 2.59. The minimum absolute atomic E-state index is 0.0709. The number of aliphatic hydroxyl groups is 5. The Morgan fingerprint density at radius 1 is 1.06 bits per heavy atom. The topological polar surface area (TPSA) is 306 Å². The van der Waals surface area contributed by atoms with Gasteiger partial charge in [-0.15, -0.1) is 0 Å². The summed E-state index contributed by atoms with van der Waals surface area (Å²) >= 11 is 0. The number of amides is 2. The fraction of sp³-hybridized carbons (Fsp3) is 0.700. The van der Waals surface area contributed by atoms with Gasteiger partial charge in [0, 0.05) is 68.8 Å². The number of nitrogens with two attached hydrogens (primary N) is 1. The zero-order chi connectivity index (χ0) is 53.8. The molecule has 2 amide bonds. The molecule has 3 rings (SSSR count). The van der Waals surface area contributed by atoms with Crippen molar-refractivity contribution in [2.45, 2.75) is 161 Å². The number of methoxy groups -OCH3 is 2. The largest absolute Gasteiger partial charge is 0.469 e. The summed E-state index contributed by atoms with van der Waals surface area (Å²) in [7, 11) is 1.10. The zero-order valence-electron chi connectivity index (χ0n) is 43.7. The second kappa shape index (κ2) is 27.2. The van der Waals surface area contributed by atoms with Crippen LogP contribution in [0.2, 0.25) is 0 Å². The third kappa shape index (κ3) is 17.0. The molecule has 0 radical (unpaired) electrons. The van der Waals surface area contributed by atoms with Crippen LogP contribution < -0.4 is 11.1 Å². The Hall–Kier alpha value is -3.44. The second-order valence-electron chi connectivity index (χ2n) is 20.1. The Bertz CT molecular complexity index is 2080. The number of hydrogen-bond donors (Lipinski definition) is 9. The number of hydrogen-bond acceptors (Lipinski definition) is 16. The molecule has 3 heterocycles. The van der Waals surface area contributed by atoms with Crippen molar-refractivity contribution >= 4 is 25.7 Å². The molecule has 15 atom stereocenters. The van der Waals surface area contributed by atoms with Crippen molar-refractivity contribution in [1.29, 1.82) is 0 Å². The van der Waals surface area contributed by atoms with Crippen LogP contribution in [-0.4, -0.2) is 165 Å². The summed E-state index contributed by atoms with van der Waals surface area (Å²) in [5.74, 6) is -4.23. The molecule has 0 aliphatic carbocycles. The molecule has 21 heteroatoms. The van der Waals surface area contributed by atoms with Crippen LogP contribution in [0.15, 0.2) is 63.9 Å². The lowest BCUT2D eigenvalue weighted by molar-refractivity contribution is -0.334. The molecule has 2 aliphatic heterocycles. The number of nitrogens with zero attached hydrogens (tertiary/aromatic N) is 2. The van der Waals surface area contributed by atoms with E-state index < -0.39 is 110 Å². The van der Waals surface area contributed by atoms with E-state index in [1.54, 1.807) is 71.0 Å². The van der Waals surface area contributed by atoms with Gasteiger partial charge in [0.1, 0.15) is 30.3 Å². The predicted molar refractivity (Wildman–Crippen MR) is 266 cm³/mol. The number of carbonyl (C=O) groups is 2. The molecule has 0 bridgehead atoms. The third-order valence-electron chi connectivity index (χ3n) is 14.1. The summed E-state index contributed by atoms with van der Waals surface area (Å²) in [5.41, 5.74) is 6.90. The Morgan fingerprint density at radius 2 is 1.72 bits per heavy atom. The van der Waals surface area contributed by atoms with Gasteiger partial charge in [0.15, 0.2) is 17.8 Å². The Balaban J connectivity index is 1.74. The number of oxazole rings is 1. The molecule has 2 saturated heterocycles.